The third-order valence-electron chi connectivity index (χ3n) is 2.63. The topological polar surface area (TPSA) is 51.8 Å². The molecule has 0 fully saturated rings. The van der Waals surface area contributed by atoms with E-state index < -0.39 is 0 Å². The minimum absolute atomic E-state index is 0.258. The Labute approximate surface area is 133 Å². The van der Waals surface area contributed by atoms with E-state index in [1.54, 1.807) is 6.07 Å². The van der Waals surface area contributed by atoms with Gasteiger partial charge in [-0.1, -0.05) is 25.4 Å². The zero-order valence-electron chi connectivity index (χ0n) is 10.4. The zero-order valence-corrected chi connectivity index (χ0v) is 14.3. The predicted octanol–water partition coefficient (Wildman–Crippen LogP) is 5.03. The van der Waals surface area contributed by atoms with Crippen molar-refractivity contribution in [2.75, 3.05) is 5.73 Å². The van der Waals surface area contributed by atoms with Crippen LogP contribution in [0.1, 0.15) is 25.5 Å². The van der Waals surface area contributed by atoms with Gasteiger partial charge in [0.1, 0.15) is 5.82 Å². The molecule has 0 bridgehead atoms. The molecule has 1 aromatic carbocycles. The van der Waals surface area contributed by atoms with Crippen LogP contribution in [0, 0.1) is 0 Å². The number of anilines is 1. The van der Waals surface area contributed by atoms with Gasteiger partial charge in [0, 0.05) is 10.0 Å². The first kappa shape index (κ1) is 14.8. The smallest absolute Gasteiger partial charge is 0.161 e. The molecule has 0 saturated carbocycles. The van der Waals surface area contributed by atoms with Crippen LogP contribution in [0.15, 0.2) is 27.1 Å². The minimum atomic E-state index is 0.258. The molecule has 0 atom stereocenters. The highest BCUT2D eigenvalue weighted by Gasteiger charge is 2.14. The Morgan fingerprint density at radius 3 is 2.47 bits per heavy atom. The van der Waals surface area contributed by atoms with Crippen LogP contribution in [-0.4, -0.2) is 9.97 Å². The van der Waals surface area contributed by atoms with Gasteiger partial charge in [0.05, 0.1) is 15.2 Å². The molecule has 0 unspecified atom stereocenters. The molecule has 2 aromatic rings. The summed E-state index contributed by atoms with van der Waals surface area (Å²) >= 11 is 12.8. The molecule has 0 aliphatic heterocycles. The Morgan fingerprint density at radius 1 is 1.21 bits per heavy atom. The number of nitrogens with two attached hydrogens (primary N) is 1. The lowest BCUT2D eigenvalue weighted by atomic mass is 10.1. The first-order valence-corrected chi connectivity index (χ1v) is 7.65. The number of aromatic nitrogens is 2. The van der Waals surface area contributed by atoms with Crippen molar-refractivity contribution in [1.82, 2.24) is 9.97 Å². The summed E-state index contributed by atoms with van der Waals surface area (Å²) in [5, 5.41) is 0.651. The largest absolute Gasteiger partial charge is 0.383 e. The normalized spacial score (nSPS) is 11.1. The fraction of sp³-hybridized carbons (Fsp3) is 0.231. The highest BCUT2D eigenvalue weighted by molar-refractivity contribution is 9.11. The summed E-state index contributed by atoms with van der Waals surface area (Å²) in [5.41, 5.74) is 7.70. The molecule has 19 heavy (non-hydrogen) atoms. The van der Waals surface area contributed by atoms with Gasteiger partial charge in [-0.3, -0.25) is 0 Å². The number of halogens is 3. The monoisotopic (exact) mass is 403 g/mol. The average Bonchev–Trinajstić information content (AvgIpc) is 2.35. The molecule has 2 rings (SSSR count). The first-order chi connectivity index (χ1) is 8.90. The molecule has 0 saturated heterocycles. The number of nitrogens with zero attached hydrogens (tertiary/aromatic N) is 2. The van der Waals surface area contributed by atoms with Gasteiger partial charge in [0.15, 0.2) is 5.82 Å². The molecule has 0 amide bonds. The van der Waals surface area contributed by atoms with Gasteiger partial charge in [0.25, 0.3) is 0 Å². The maximum absolute atomic E-state index is 5.99. The van der Waals surface area contributed by atoms with Crippen LogP contribution in [0.3, 0.4) is 0 Å². The molecular weight excluding hydrogens is 393 g/mol. The van der Waals surface area contributed by atoms with Crippen LogP contribution in [0.25, 0.3) is 11.4 Å². The standard InChI is InChI=1S/C13H12Br2ClN3/c1-6(2)11-10(15)12(17)19-13(18-11)7-3-4-9(16)8(14)5-7/h3-6H,1-2H3,(H2,17,18,19). The van der Waals surface area contributed by atoms with Crippen LogP contribution in [0.4, 0.5) is 5.82 Å². The number of hydrogen-bond acceptors (Lipinski definition) is 3. The van der Waals surface area contributed by atoms with E-state index in [4.69, 9.17) is 17.3 Å². The third-order valence-corrected chi connectivity index (χ3v) is 4.65. The van der Waals surface area contributed by atoms with Crippen molar-refractivity contribution in [3.63, 3.8) is 0 Å². The lowest BCUT2D eigenvalue weighted by Crippen LogP contribution is -2.04. The lowest BCUT2D eigenvalue weighted by Gasteiger charge is -2.11. The summed E-state index contributed by atoms with van der Waals surface area (Å²) in [6, 6.07) is 5.56. The first-order valence-electron chi connectivity index (χ1n) is 5.68. The van der Waals surface area contributed by atoms with E-state index in [0.29, 0.717) is 16.7 Å². The molecular formula is C13H12Br2ClN3. The molecule has 3 nitrogen and oxygen atoms in total. The molecule has 1 heterocycles. The van der Waals surface area contributed by atoms with E-state index in [9.17, 15) is 0 Å². The van der Waals surface area contributed by atoms with Gasteiger partial charge in [-0.25, -0.2) is 9.97 Å². The summed E-state index contributed by atoms with van der Waals surface area (Å²) < 4.78 is 1.57. The van der Waals surface area contributed by atoms with Crippen LogP contribution in [-0.2, 0) is 0 Å². The molecule has 100 valence electrons. The molecule has 6 heteroatoms. The van der Waals surface area contributed by atoms with Gasteiger partial charge in [-0.2, -0.15) is 0 Å². The van der Waals surface area contributed by atoms with Crippen molar-refractivity contribution in [2.45, 2.75) is 19.8 Å². The highest BCUT2D eigenvalue weighted by Crippen LogP contribution is 2.32. The van der Waals surface area contributed by atoms with Crippen molar-refractivity contribution in [3.8, 4) is 11.4 Å². The van der Waals surface area contributed by atoms with E-state index in [1.165, 1.54) is 0 Å². The highest BCUT2D eigenvalue weighted by atomic mass is 79.9. The van der Waals surface area contributed by atoms with Gasteiger partial charge in [-0.05, 0) is 56.0 Å². The second-order valence-electron chi connectivity index (χ2n) is 4.42. The maximum atomic E-state index is 5.99. The number of hydrogen-bond donors (Lipinski definition) is 1. The maximum Gasteiger partial charge on any atom is 0.161 e. The second-order valence-corrected chi connectivity index (χ2v) is 6.47. The molecule has 0 aliphatic rings. The van der Waals surface area contributed by atoms with Crippen molar-refractivity contribution >= 4 is 49.3 Å². The fourth-order valence-corrected chi connectivity index (χ4v) is 2.76. The number of benzene rings is 1. The van der Waals surface area contributed by atoms with Crippen molar-refractivity contribution < 1.29 is 0 Å². The molecule has 1 aromatic heterocycles. The van der Waals surface area contributed by atoms with E-state index in [2.05, 4.69) is 55.7 Å². The fourth-order valence-electron chi connectivity index (χ4n) is 1.63. The van der Waals surface area contributed by atoms with Crippen LogP contribution in [0.5, 0.6) is 0 Å². The van der Waals surface area contributed by atoms with E-state index >= 15 is 0 Å². The predicted molar refractivity (Wildman–Crippen MR) is 86.4 cm³/mol. The van der Waals surface area contributed by atoms with Crippen LogP contribution >= 0.6 is 43.5 Å². The van der Waals surface area contributed by atoms with Gasteiger partial charge < -0.3 is 5.73 Å². The zero-order chi connectivity index (χ0) is 14.2. The van der Waals surface area contributed by atoms with Crippen molar-refractivity contribution in [1.29, 1.82) is 0 Å². The molecule has 0 radical (unpaired) electrons. The minimum Gasteiger partial charge on any atom is -0.383 e. The molecule has 2 N–H and O–H groups in total. The average molecular weight is 406 g/mol. The van der Waals surface area contributed by atoms with Crippen LogP contribution < -0.4 is 5.73 Å². The van der Waals surface area contributed by atoms with Crippen molar-refractivity contribution in [2.24, 2.45) is 0 Å². The van der Waals surface area contributed by atoms with E-state index in [1.807, 2.05) is 12.1 Å². The van der Waals surface area contributed by atoms with Crippen molar-refractivity contribution in [3.05, 3.63) is 37.9 Å². The second kappa shape index (κ2) is 5.77. The molecule has 0 aliphatic carbocycles. The summed E-state index contributed by atoms with van der Waals surface area (Å²) in [7, 11) is 0. The number of rotatable bonds is 2. The van der Waals surface area contributed by atoms with E-state index in [0.717, 1.165) is 20.2 Å². The molecule has 0 spiro atoms. The Morgan fingerprint density at radius 2 is 1.89 bits per heavy atom. The Kier molecular flexibility index (Phi) is 4.48. The van der Waals surface area contributed by atoms with E-state index in [-0.39, 0.29) is 5.92 Å². The summed E-state index contributed by atoms with van der Waals surface area (Å²) in [6.45, 7) is 4.13. The quantitative estimate of drug-likeness (QED) is 0.763. The van der Waals surface area contributed by atoms with Gasteiger partial charge in [-0.15, -0.1) is 0 Å². The Balaban J connectivity index is 2.59. The van der Waals surface area contributed by atoms with Gasteiger partial charge >= 0.3 is 0 Å². The SMILES string of the molecule is CC(C)c1nc(-c2ccc(Cl)c(Br)c2)nc(N)c1Br. The summed E-state index contributed by atoms with van der Waals surface area (Å²) in [4.78, 5) is 8.88. The van der Waals surface area contributed by atoms with Crippen LogP contribution in [0.2, 0.25) is 5.02 Å². The number of nitrogen functional groups attached to an aromatic ring is 1. The third kappa shape index (κ3) is 3.09. The lowest BCUT2D eigenvalue weighted by molar-refractivity contribution is 0.811. The Bertz CT molecular complexity index is 630. The summed E-state index contributed by atoms with van der Waals surface area (Å²) in [5.74, 6) is 1.30. The Hall–Kier alpha value is -0.650. The summed E-state index contributed by atoms with van der Waals surface area (Å²) in [6.07, 6.45) is 0. The van der Waals surface area contributed by atoms with Gasteiger partial charge in [0.2, 0.25) is 0 Å².